The first-order chi connectivity index (χ1) is 15.9. The number of carbonyl (C=O) groups is 2. The molecule has 0 spiro atoms. The van der Waals surface area contributed by atoms with Crippen LogP contribution in [0.2, 0.25) is 0 Å². The van der Waals surface area contributed by atoms with Crippen LogP contribution in [0.4, 0.5) is 16.2 Å². The number of rotatable bonds is 7. The molecule has 174 valence electrons. The van der Waals surface area contributed by atoms with Gasteiger partial charge in [0.05, 0.1) is 12.8 Å². The number of anilines is 2. The third-order valence-electron chi connectivity index (χ3n) is 4.91. The van der Waals surface area contributed by atoms with Crippen LogP contribution in [0.25, 0.3) is 0 Å². The average Bonchev–Trinajstić information content (AvgIpc) is 3.52. The first-order valence-electron chi connectivity index (χ1n) is 10.2. The third kappa shape index (κ3) is 5.78. The fourth-order valence-electron chi connectivity index (χ4n) is 3.18. The van der Waals surface area contributed by atoms with Crippen LogP contribution in [0.3, 0.4) is 0 Å². The highest BCUT2D eigenvalue weighted by atomic mass is 32.2. The molecule has 4 rings (SSSR count). The van der Waals surface area contributed by atoms with Crippen molar-refractivity contribution in [3.05, 3.63) is 66.4 Å². The number of nitrogens with one attached hydrogen (secondary N) is 4. The number of benzene rings is 1. The average molecular weight is 490 g/mol. The van der Waals surface area contributed by atoms with E-state index in [4.69, 9.17) is 4.42 Å². The summed E-state index contributed by atoms with van der Waals surface area (Å²) < 4.78 is 32.1. The fraction of sp³-hybridized carbons (Fsp3) is 0.238. The van der Waals surface area contributed by atoms with Crippen molar-refractivity contribution in [3.8, 4) is 0 Å². The van der Waals surface area contributed by atoms with Gasteiger partial charge in [0.25, 0.3) is 5.91 Å². The maximum atomic E-state index is 12.7. The lowest BCUT2D eigenvalue weighted by Crippen LogP contribution is -2.37. The van der Waals surface area contributed by atoms with Crippen molar-refractivity contribution in [2.75, 3.05) is 35.2 Å². The van der Waals surface area contributed by atoms with E-state index in [1.54, 1.807) is 48.2 Å². The Hall–Kier alpha value is -3.22. The number of nitrogens with zero attached hydrogens (tertiary/aromatic N) is 1. The zero-order valence-electron chi connectivity index (χ0n) is 17.5. The molecule has 1 aliphatic rings. The Kier molecular flexibility index (Phi) is 7.06. The Morgan fingerprint density at radius 2 is 1.76 bits per heavy atom. The molecule has 2 aromatic heterocycles. The van der Waals surface area contributed by atoms with E-state index in [1.165, 1.54) is 22.8 Å². The summed E-state index contributed by atoms with van der Waals surface area (Å²) in [6.45, 7) is 1.18. The summed E-state index contributed by atoms with van der Waals surface area (Å²) in [7, 11) is -3.63. The minimum Gasteiger partial charge on any atom is -0.467 e. The summed E-state index contributed by atoms with van der Waals surface area (Å²) in [6, 6.07) is 11.0. The van der Waals surface area contributed by atoms with Gasteiger partial charge in [0.15, 0.2) is 0 Å². The summed E-state index contributed by atoms with van der Waals surface area (Å²) in [4.78, 5) is 27.3. The summed E-state index contributed by atoms with van der Waals surface area (Å²) in [5, 5.41) is 8.06. The van der Waals surface area contributed by atoms with Crippen molar-refractivity contribution in [1.29, 1.82) is 0 Å². The van der Waals surface area contributed by atoms with Gasteiger partial charge in [-0.25, -0.2) is 13.2 Å². The molecular formula is C21H23N5O5S2. The lowest BCUT2D eigenvalue weighted by Gasteiger charge is -2.24. The van der Waals surface area contributed by atoms with Crippen LogP contribution in [-0.2, 0) is 16.6 Å². The monoisotopic (exact) mass is 489 g/mol. The number of carbonyl (C=O) groups excluding carboxylic acids is 2. The van der Waals surface area contributed by atoms with Crippen molar-refractivity contribution < 1.29 is 22.4 Å². The van der Waals surface area contributed by atoms with E-state index in [2.05, 4.69) is 20.9 Å². The van der Waals surface area contributed by atoms with Crippen molar-refractivity contribution in [3.63, 3.8) is 0 Å². The quantitative estimate of drug-likeness (QED) is 0.403. The van der Waals surface area contributed by atoms with Crippen molar-refractivity contribution >= 4 is 45.1 Å². The predicted octanol–water partition coefficient (Wildman–Crippen LogP) is 2.92. The molecular weight excluding hydrogens is 466 g/mol. The summed E-state index contributed by atoms with van der Waals surface area (Å²) in [5.41, 5.74) is 1.17. The molecule has 0 saturated carbocycles. The Bertz CT molecular complexity index is 1200. The number of amides is 3. The van der Waals surface area contributed by atoms with Crippen LogP contribution in [0.15, 0.2) is 64.2 Å². The van der Waals surface area contributed by atoms with Crippen LogP contribution in [0.1, 0.15) is 16.2 Å². The number of thioether (sulfide) groups is 1. The van der Waals surface area contributed by atoms with E-state index in [-0.39, 0.29) is 17.1 Å². The van der Waals surface area contributed by atoms with Gasteiger partial charge in [-0.3, -0.25) is 4.79 Å². The van der Waals surface area contributed by atoms with Gasteiger partial charge in [-0.15, -0.1) is 0 Å². The molecule has 3 amide bonds. The van der Waals surface area contributed by atoms with Crippen LogP contribution in [0.5, 0.6) is 0 Å². The first kappa shape index (κ1) is 23.0. The van der Waals surface area contributed by atoms with Gasteiger partial charge in [0.2, 0.25) is 10.0 Å². The van der Waals surface area contributed by atoms with Crippen LogP contribution < -0.4 is 16.0 Å². The van der Waals surface area contributed by atoms with Gasteiger partial charge in [0.1, 0.15) is 16.3 Å². The minimum absolute atomic E-state index is 0.0691. The van der Waals surface area contributed by atoms with E-state index < -0.39 is 22.0 Å². The number of aromatic nitrogens is 1. The van der Waals surface area contributed by atoms with Gasteiger partial charge in [-0.1, -0.05) is 0 Å². The van der Waals surface area contributed by atoms with Gasteiger partial charge < -0.3 is 25.4 Å². The molecule has 33 heavy (non-hydrogen) atoms. The van der Waals surface area contributed by atoms with Crippen LogP contribution in [0, 0.1) is 0 Å². The van der Waals surface area contributed by atoms with Crippen LogP contribution >= 0.6 is 11.8 Å². The molecule has 1 aliphatic heterocycles. The van der Waals surface area contributed by atoms with Crippen molar-refractivity contribution in [2.24, 2.45) is 0 Å². The summed E-state index contributed by atoms with van der Waals surface area (Å²) in [6.07, 6.45) is 2.86. The third-order valence-corrected chi connectivity index (χ3v) is 7.73. The van der Waals surface area contributed by atoms with E-state index in [9.17, 15) is 18.0 Å². The molecule has 10 nitrogen and oxygen atoms in total. The zero-order valence-corrected chi connectivity index (χ0v) is 19.2. The highest BCUT2D eigenvalue weighted by Crippen LogP contribution is 2.21. The smallest absolute Gasteiger partial charge is 0.319 e. The number of sulfonamides is 1. The maximum Gasteiger partial charge on any atom is 0.319 e. The molecule has 0 unspecified atom stereocenters. The van der Waals surface area contributed by atoms with E-state index in [0.29, 0.717) is 30.2 Å². The number of urea groups is 1. The molecule has 1 aromatic carbocycles. The number of hydrogen-bond acceptors (Lipinski definition) is 6. The highest BCUT2D eigenvalue weighted by Gasteiger charge is 2.27. The SMILES string of the molecule is O=C(NCc1ccco1)Nc1ccc(NC(=O)c2cc(S(=O)(=O)N3CCSCC3)c[nH]2)cc1. The maximum absolute atomic E-state index is 12.7. The van der Waals surface area contributed by atoms with E-state index >= 15 is 0 Å². The van der Waals surface area contributed by atoms with E-state index in [1.807, 2.05) is 0 Å². The highest BCUT2D eigenvalue weighted by molar-refractivity contribution is 7.99. The fourth-order valence-corrected chi connectivity index (χ4v) is 5.75. The normalized spacial score (nSPS) is 14.5. The molecule has 0 aliphatic carbocycles. The molecule has 0 bridgehead atoms. The molecule has 12 heteroatoms. The van der Waals surface area contributed by atoms with Gasteiger partial charge in [0, 0.05) is 42.2 Å². The van der Waals surface area contributed by atoms with Gasteiger partial charge in [-0.2, -0.15) is 16.1 Å². The first-order valence-corrected chi connectivity index (χ1v) is 12.8. The molecule has 1 fully saturated rings. The number of hydrogen-bond donors (Lipinski definition) is 4. The molecule has 0 radical (unpaired) electrons. The second kappa shape index (κ2) is 10.1. The van der Waals surface area contributed by atoms with E-state index in [0.717, 1.165) is 11.5 Å². The number of aromatic amines is 1. The predicted molar refractivity (Wildman–Crippen MR) is 126 cm³/mol. The zero-order chi connectivity index (χ0) is 23.3. The molecule has 1 saturated heterocycles. The van der Waals surface area contributed by atoms with Crippen molar-refractivity contribution in [1.82, 2.24) is 14.6 Å². The molecule has 3 aromatic rings. The topological polar surface area (TPSA) is 137 Å². The van der Waals surface area contributed by atoms with Gasteiger partial charge >= 0.3 is 6.03 Å². The lowest BCUT2D eigenvalue weighted by atomic mass is 10.2. The van der Waals surface area contributed by atoms with Crippen LogP contribution in [-0.4, -0.2) is 54.2 Å². The van der Waals surface area contributed by atoms with Gasteiger partial charge in [-0.05, 0) is 42.5 Å². The minimum atomic E-state index is -3.63. The molecule has 3 heterocycles. The number of H-pyrrole nitrogens is 1. The Morgan fingerprint density at radius 3 is 2.42 bits per heavy atom. The summed E-state index contributed by atoms with van der Waals surface area (Å²) in [5.74, 6) is 1.68. The summed E-state index contributed by atoms with van der Waals surface area (Å²) >= 11 is 1.72. The van der Waals surface area contributed by atoms with Crippen molar-refractivity contribution in [2.45, 2.75) is 11.4 Å². The largest absolute Gasteiger partial charge is 0.467 e. The Labute approximate surface area is 195 Å². The molecule has 4 N–H and O–H groups in total. The Balaban J connectivity index is 1.32. The second-order valence-corrected chi connectivity index (χ2v) is 10.3. The second-order valence-electron chi connectivity index (χ2n) is 7.18. The standard InChI is InChI=1S/C21H23N5O5S2/c27-20(19-12-18(14-22-19)33(29,30)26-7-10-32-11-8-26)24-15-3-5-16(6-4-15)25-21(28)23-13-17-2-1-9-31-17/h1-6,9,12,14,22H,7-8,10-11,13H2,(H,24,27)(H2,23,25,28). The number of furan rings is 1. The lowest BCUT2D eigenvalue weighted by molar-refractivity contribution is 0.102. The molecule has 0 atom stereocenters. The Morgan fingerprint density at radius 1 is 1.06 bits per heavy atom.